The summed E-state index contributed by atoms with van der Waals surface area (Å²) in [6, 6.07) is 1.91. The van der Waals surface area contributed by atoms with Crippen molar-refractivity contribution in [2.45, 2.75) is 13.0 Å². The van der Waals surface area contributed by atoms with Gasteiger partial charge in [0, 0.05) is 18.9 Å². The number of rotatable bonds is 4. The second-order valence-electron chi connectivity index (χ2n) is 4.17. The number of hydrogen-bond donors (Lipinski definition) is 2. The van der Waals surface area contributed by atoms with Crippen LogP contribution in [0, 0.1) is 6.92 Å². The number of aryl methyl sites for hydroxylation is 1. The smallest absolute Gasteiger partial charge is 0.203 e. The molecule has 0 saturated carbocycles. The molecule has 3 rings (SSSR count). The summed E-state index contributed by atoms with van der Waals surface area (Å²) in [5.74, 6) is 1.43. The Bertz CT molecular complexity index is 679. The van der Waals surface area contributed by atoms with Crippen molar-refractivity contribution in [1.29, 1.82) is 0 Å². The average molecular weight is 275 g/mol. The molecule has 3 aromatic heterocycles. The lowest BCUT2D eigenvalue weighted by Gasteiger charge is -2.11. The monoisotopic (exact) mass is 275 g/mol. The largest absolute Gasteiger partial charge is 0.387 e. The number of nitrogens with zero attached hydrogens (tertiary/aromatic N) is 4. The van der Waals surface area contributed by atoms with Crippen LogP contribution in [0.5, 0.6) is 0 Å². The first-order valence-corrected chi connectivity index (χ1v) is 6.80. The van der Waals surface area contributed by atoms with Crippen molar-refractivity contribution >= 4 is 22.8 Å². The van der Waals surface area contributed by atoms with Crippen molar-refractivity contribution in [3.8, 4) is 0 Å². The first-order chi connectivity index (χ1) is 9.25. The molecular formula is C12H13N5OS. The average Bonchev–Trinajstić information content (AvgIpc) is 3.07. The molecule has 0 bridgehead atoms. The summed E-state index contributed by atoms with van der Waals surface area (Å²) in [5, 5.41) is 25.1. The molecule has 1 atom stereocenters. The van der Waals surface area contributed by atoms with Gasteiger partial charge in [-0.15, -0.1) is 10.2 Å². The van der Waals surface area contributed by atoms with Crippen molar-refractivity contribution in [1.82, 2.24) is 19.6 Å². The van der Waals surface area contributed by atoms with Crippen molar-refractivity contribution in [2.75, 3.05) is 11.9 Å². The minimum atomic E-state index is -0.558. The van der Waals surface area contributed by atoms with Crippen LogP contribution in [-0.4, -0.2) is 31.2 Å². The Labute approximate surface area is 113 Å². The van der Waals surface area contributed by atoms with E-state index in [1.54, 1.807) is 17.5 Å². The maximum absolute atomic E-state index is 10.0. The van der Waals surface area contributed by atoms with Crippen LogP contribution >= 0.6 is 11.3 Å². The maximum Gasteiger partial charge on any atom is 0.203 e. The Morgan fingerprint density at radius 2 is 2.37 bits per heavy atom. The summed E-state index contributed by atoms with van der Waals surface area (Å²) in [7, 11) is 0. The normalized spacial score (nSPS) is 12.7. The van der Waals surface area contributed by atoms with Gasteiger partial charge in [-0.1, -0.05) is 0 Å². The predicted molar refractivity (Wildman–Crippen MR) is 73.3 cm³/mol. The van der Waals surface area contributed by atoms with Crippen LogP contribution in [0.2, 0.25) is 0 Å². The van der Waals surface area contributed by atoms with E-state index in [4.69, 9.17) is 0 Å². The van der Waals surface area contributed by atoms with Crippen molar-refractivity contribution < 1.29 is 5.11 Å². The van der Waals surface area contributed by atoms with Gasteiger partial charge in [-0.3, -0.25) is 4.40 Å². The fraction of sp³-hybridized carbons (Fsp3) is 0.250. The number of thiophene rings is 1. The fourth-order valence-corrected chi connectivity index (χ4v) is 2.55. The Kier molecular flexibility index (Phi) is 3.14. The van der Waals surface area contributed by atoms with Gasteiger partial charge >= 0.3 is 0 Å². The number of aromatic nitrogens is 4. The molecule has 0 aliphatic rings. The molecule has 0 saturated heterocycles. The predicted octanol–water partition coefficient (Wildman–Crippen LogP) is 1.64. The molecule has 7 heteroatoms. The lowest BCUT2D eigenvalue weighted by molar-refractivity contribution is 0.192. The molecule has 19 heavy (non-hydrogen) atoms. The first-order valence-electron chi connectivity index (χ1n) is 5.86. The number of hydrogen-bond acceptors (Lipinski definition) is 6. The van der Waals surface area contributed by atoms with Gasteiger partial charge in [0.2, 0.25) is 5.65 Å². The fourth-order valence-electron chi connectivity index (χ4n) is 1.84. The number of nitrogens with one attached hydrogen (secondary N) is 1. The Morgan fingerprint density at radius 3 is 3.16 bits per heavy atom. The second-order valence-corrected chi connectivity index (χ2v) is 4.95. The zero-order valence-corrected chi connectivity index (χ0v) is 11.1. The van der Waals surface area contributed by atoms with E-state index in [0.29, 0.717) is 18.0 Å². The molecule has 0 amide bonds. The zero-order valence-electron chi connectivity index (χ0n) is 10.3. The molecule has 0 fully saturated rings. The van der Waals surface area contributed by atoms with E-state index in [9.17, 15) is 5.11 Å². The van der Waals surface area contributed by atoms with Crippen LogP contribution in [0.15, 0.2) is 29.2 Å². The standard InChI is InChI=1S/C12H13N5OS/c1-8-15-16-12-11(13-3-4-17(8)12)14-6-10(18)9-2-5-19-7-9/h2-5,7,10,18H,6H2,1H3,(H,13,14). The van der Waals surface area contributed by atoms with Crippen molar-refractivity contribution in [3.05, 3.63) is 40.6 Å². The van der Waals surface area contributed by atoms with Gasteiger partial charge in [-0.25, -0.2) is 4.98 Å². The third-order valence-corrected chi connectivity index (χ3v) is 3.59. The molecule has 0 radical (unpaired) electrons. The molecule has 1 unspecified atom stereocenters. The van der Waals surface area contributed by atoms with Gasteiger partial charge in [0.1, 0.15) is 5.82 Å². The number of aliphatic hydroxyl groups excluding tert-OH is 1. The topological polar surface area (TPSA) is 75.3 Å². The summed E-state index contributed by atoms with van der Waals surface area (Å²) in [5.41, 5.74) is 1.57. The van der Waals surface area contributed by atoms with Crippen LogP contribution in [-0.2, 0) is 0 Å². The highest BCUT2D eigenvalue weighted by Crippen LogP contribution is 2.18. The Morgan fingerprint density at radius 1 is 1.47 bits per heavy atom. The lowest BCUT2D eigenvalue weighted by Crippen LogP contribution is -2.13. The molecule has 0 aliphatic heterocycles. The van der Waals surface area contributed by atoms with E-state index in [1.807, 2.05) is 34.3 Å². The van der Waals surface area contributed by atoms with Gasteiger partial charge in [-0.05, 0) is 29.3 Å². The first kappa shape index (κ1) is 12.1. The SMILES string of the molecule is Cc1nnc2c(NCC(O)c3ccsc3)nccn12. The van der Waals surface area contributed by atoms with Crippen LogP contribution in [0.4, 0.5) is 5.82 Å². The van der Waals surface area contributed by atoms with Gasteiger partial charge in [0.25, 0.3) is 0 Å². The van der Waals surface area contributed by atoms with Crippen LogP contribution in [0.1, 0.15) is 17.5 Å². The minimum Gasteiger partial charge on any atom is -0.387 e. The third kappa shape index (κ3) is 2.29. The van der Waals surface area contributed by atoms with E-state index in [1.165, 1.54) is 0 Å². The second kappa shape index (κ2) is 4.94. The highest BCUT2D eigenvalue weighted by molar-refractivity contribution is 7.07. The molecular weight excluding hydrogens is 262 g/mol. The van der Waals surface area contributed by atoms with E-state index in [0.717, 1.165) is 11.4 Å². The Balaban J connectivity index is 1.79. The summed E-state index contributed by atoms with van der Waals surface area (Å²) in [6.07, 6.45) is 2.94. The third-order valence-electron chi connectivity index (χ3n) is 2.89. The highest BCUT2D eigenvalue weighted by Gasteiger charge is 2.11. The van der Waals surface area contributed by atoms with E-state index < -0.39 is 6.10 Å². The van der Waals surface area contributed by atoms with Gasteiger partial charge < -0.3 is 10.4 Å². The van der Waals surface area contributed by atoms with Crippen LogP contribution < -0.4 is 5.32 Å². The van der Waals surface area contributed by atoms with Crippen LogP contribution in [0.3, 0.4) is 0 Å². The molecule has 0 spiro atoms. The molecule has 98 valence electrons. The number of aliphatic hydroxyl groups is 1. The molecule has 3 aromatic rings. The van der Waals surface area contributed by atoms with Gasteiger partial charge in [-0.2, -0.15) is 11.3 Å². The minimum absolute atomic E-state index is 0.384. The quantitative estimate of drug-likeness (QED) is 0.757. The number of fused-ring (bicyclic) bond motifs is 1. The zero-order chi connectivity index (χ0) is 13.2. The van der Waals surface area contributed by atoms with Gasteiger partial charge in [0.15, 0.2) is 5.82 Å². The van der Waals surface area contributed by atoms with Crippen molar-refractivity contribution in [2.24, 2.45) is 0 Å². The van der Waals surface area contributed by atoms with Gasteiger partial charge in [0.05, 0.1) is 6.10 Å². The summed E-state index contributed by atoms with van der Waals surface area (Å²) in [4.78, 5) is 4.23. The van der Waals surface area contributed by atoms with E-state index in [-0.39, 0.29) is 0 Å². The summed E-state index contributed by atoms with van der Waals surface area (Å²) < 4.78 is 1.85. The van der Waals surface area contributed by atoms with Crippen LogP contribution in [0.25, 0.3) is 5.65 Å². The molecule has 3 heterocycles. The van der Waals surface area contributed by atoms with E-state index >= 15 is 0 Å². The Hall–Kier alpha value is -1.99. The summed E-state index contributed by atoms with van der Waals surface area (Å²) in [6.45, 7) is 2.26. The molecule has 2 N–H and O–H groups in total. The molecule has 0 aromatic carbocycles. The van der Waals surface area contributed by atoms with E-state index in [2.05, 4.69) is 20.5 Å². The maximum atomic E-state index is 10.0. The lowest BCUT2D eigenvalue weighted by atomic mass is 10.2. The number of anilines is 1. The van der Waals surface area contributed by atoms with Crippen molar-refractivity contribution in [3.63, 3.8) is 0 Å². The summed E-state index contributed by atoms with van der Waals surface area (Å²) >= 11 is 1.57. The molecule has 0 aliphatic carbocycles. The molecule has 6 nitrogen and oxygen atoms in total. The highest BCUT2D eigenvalue weighted by atomic mass is 32.1.